The average Bonchev–Trinajstić information content (AvgIpc) is 2.53. The maximum Gasteiger partial charge on any atom is 0.00264 e. The molecule has 0 amide bonds. The van der Waals surface area contributed by atoms with Crippen LogP contribution in [0.1, 0.15) is 78.6 Å². The molecule has 2 fully saturated rings. The van der Waals surface area contributed by atoms with Gasteiger partial charge in [0.1, 0.15) is 0 Å². The van der Waals surface area contributed by atoms with E-state index in [9.17, 15) is 0 Å². The van der Waals surface area contributed by atoms with Crippen LogP contribution in [0, 0.1) is 35.5 Å². The van der Waals surface area contributed by atoms with Crippen LogP contribution >= 0.6 is 22.6 Å². The molecule has 0 aromatic heterocycles. The van der Waals surface area contributed by atoms with Crippen LogP contribution in [0.5, 0.6) is 0 Å². The standard InChI is InChI=1S/C19H35I/c1-4-14-7-9-16(6-3)18(11-14)19-12-15(5-2)8-10-17(19)13-20/h14-19H,4-13H2,1-3H3. The summed E-state index contributed by atoms with van der Waals surface area (Å²) in [6.45, 7) is 7.28. The summed E-state index contributed by atoms with van der Waals surface area (Å²) in [4.78, 5) is 0. The van der Waals surface area contributed by atoms with Crippen molar-refractivity contribution < 1.29 is 0 Å². The zero-order valence-corrected chi connectivity index (χ0v) is 16.1. The number of alkyl halides is 1. The van der Waals surface area contributed by atoms with Crippen LogP contribution in [0.25, 0.3) is 0 Å². The Balaban J connectivity index is 2.10. The van der Waals surface area contributed by atoms with E-state index in [2.05, 4.69) is 43.4 Å². The van der Waals surface area contributed by atoms with E-state index in [4.69, 9.17) is 0 Å². The Labute approximate surface area is 141 Å². The van der Waals surface area contributed by atoms with Crippen LogP contribution in [-0.2, 0) is 0 Å². The SMILES string of the molecule is CCC1CCC(CC)C(C2CC(CC)CCC2CI)C1. The topological polar surface area (TPSA) is 0 Å². The minimum atomic E-state index is 1.04. The first kappa shape index (κ1) is 17.1. The molecule has 0 heterocycles. The molecule has 118 valence electrons. The van der Waals surface area contributed by atoms with E-state index < -0.39 is 0 Å². The fraction of sp³-hybridized carbons (Fsp3) is 1.00. The molecule has 0 aromatic carbocycles. The number of rotatable bonds is 5. The van der Waals surface area contributed by atoms with E-state index >= 15 is 0 Å². The maximum atomic E-state index is 2.67. The van der Waals surface area contributed by atoms with Gasteiger partial charge in [-0.3, -0.25) is 0 Å². The predicted octanol–water partition coefficient (Wildman–Crippen LogP) is 6.72. The highest BCUT2D eigenvalue weighted by molar-refractivity contribution is 14.1. The summed E-state index contributed by atoms with van der Waals surface area (Å²) >= 11 is 2.67. The Morgan fingerprint density at radius 3 is 1.65 bits per heavy atom. The third-order valence-corrected chi connectivity index (χ3v) is 7.87. The van der Waals surface area contributed by atoms with Crippen molar-refractivity contribution in [1.82, 2.24) is 0 Å². The van der Waals surface area contributed by atoms with Gasteiger partial charge in [0, 0.05) is 4.43 Å². The van der Waals surface area contributed by atoms with Gasteiger partial charge < -0.3 is 0 Å². The van der Waals surface area contributed by atoms with Crippen molar-refractivity contribution in [2.24, 2.45) is 35.5 Å². The molecule has 1 heteroatoms. The van der Waals surface area contributed by atoms with Crippen molar-refractivity contribution in [1.29, 1.82) is 0 Å². The van der Waals surface area contributed by atoms with E-state index in [1.165, 1.54) is 49.4 Å². The lowest BCUT2D eigenvalue weighted by Gasteiger charge is -2.46. The molecule has 0 aromatic rings. The number of halogens is 1. The molecule has 0 bridgehead atoms. The highest BCUT2D eigenvalue weighted by Crippen LogP contribution is 2.49. The number of hydrogen-bond acceptors (Lipinski definition) is 0. The first-order chi connectivity index (χ1) is 9.73. The third-order valence-electron chi connectivity index (χ3n) is 6.74. The van der Waals surface area contributed by atoms with E-state index in [-0.39, 0.29) is 0 Å². The van der Waals surface area contributed by atoms with Gasteiger partial charge in [0.2, 0.25) is 0 Å². The monoisotopic (exact) mass is 390 g/mol. The van der Waals surface area contributed by atoms with Crippen LogP contribution in [-0.4, -0.2) is 4.43 Å². The largest absolute Gasteiger partial charge is 0.0861 e. The molecule has 0 radical (unpaired) electrons. The van der Waals surface area contributed by atoms with E-state index in [1.807, 2.05) is 0 Å². The zero-order valence-electron chi connectivity index (χ0n) is 13.9. The second-order valence-electron chi connectivity index (χ2n) is 7.59. The lowest BCUT2D eigenvalue weighted by molar-refractivity contribution is 0.0457. The van der Waals surface area contributed by atoms with Crippen LogP contribution < -0.4 is 0 Å². The van der Waals surface area contributed by atoms with Crippen molar-refractivity contribution in [3.8, 4) is 0 Å². The Morgan fingerprint density at radius 1 is 0.700 bits per heavy atom. The van der Waals surface area contributed by atoms with Crippen LogP contribution in [0.3, 0.4) is 0 Å². The van der Waals surface area contributed by atoms with Gasteiger partial charge in [-0.2, -0.15) is 0 Å². The van der Waals surface area contributed by atoms with E-state index in [0.29, 0.717) is 0 Å². The first-order valence-corrected chi connectivity index (χ1v) is 10.8. The van der Waals surface area contributed by atoms with Gasteiger partial charge in [0.25, 0.3) is 0 Å². The molecule has 2 aliphatic rings. The van der Waals surface area contributed by atoms with E-state index in [0.717, 1.165) is 35.5 Å². The molecule has 6 atom stereocenters. The highest BCUT2D eigenvalue weighted by Gasteiger charge is 2.40. The lowest BCUT2D eigenvalue weighted by atomic mass is 9.60. The van der Waals surface area contributed by atoms with Gasteiger partial charge in [-0.25, -0.2) is 0 Å². The Kier molecular flexibility index (Phi) is 7.17. The minimum Gasteiger partial charge on any atom is -0.0861 e. The molecule has 0 nitrogen and oxygen atoms in total. The second kappa shape index (κ2) is 8.39. The summed E-state index contributed by atoms with van der Waals surface area (Å²) in [7, 11) is 0. The molecule has 0 N–H and O–H groups in total. The molecule has 6 unspecified atom stereocenters. The fourth-order valence-corrected chi connectivity index (χ4v) is 6.30. The van der Waals surface area contributed by atoms with Crippen molar-refractivity contribution in [2.75, 3.05) is 4.43 Å². The Morgan fingerprint density at radius 2 is 1.20 bits per heavy atom. The quantitative estimate of drug-likeness (QED) is 0.361. The van der Waals surface area contributed by atoms with Gasteiger partial charge in [0.05, 0.1) is 0 Å². The molecule has 0 saturated heterocycles. The maximum absolute atomic E-state index is 2.67. The molecule has 0 aliphatic heterocycles. The van der Waals surface area contributed by atoms with E-state index in [1.54, 1.807) is 12.8 Å². The molecule has 2 rings (SSSR count). The Bertz CT molecular complexity index is 247. The van der Waals surface area contributed by atoms with Crippen molar-refractivity contribution >= 4 is 22.6 Å². The van der Waals surface area contributed by atoms with Crippen molar-refractivity contribution in [3.63, 3.8) is 0 Å². The minimum absolute atomic E-state index is 1.04. The summed E-state index contributed by atoms with van der Waals surface area (Å²) in [6, 6.07) is 0. The summed E-state index contributed by atoms with van der Waals surface area (Å²) in [6.07, 6.45) is 13.5. The van der Waals surface area contributed by atoms with Gasteiger partial charge in [-0.05, 0) is 61.2 Å². The molecule has 20 heavy (non-hydrogen) atoms. The van der Waals surface area contributed by atoms with Gasteiger partial charge in [-0.15, -0.1) is 0 Å². The van der Waals surface area contributed by atoms with Crippen LogP contribution in [0.2, 0.25) is 0 Å². The van der Waals surface area contributed by atoms with Gasteiger partial charge >= 0.3 is 0 Å². The molecule has 2 saturated carbocycles. The summed E-state index contributed by atoms with van der Waals surface area (Å²) < 4.78 is 1.41. The third kappa shape index (κ3) is 3.93. The van der Waals surface area contributed by atoms with Crippen LogP contribution in [0.15, 0.2) is 0 Å². The van der Waals surface area contributed by atoms with Crippen molar-refractivity contribution in [2.45, 2.75) is 78.6 Å². The summed E-state index contributed by atoms with van der Waals surface area (Å²) in [5.41, 5.74) is 0. The van der Waals surface area contributed by atoms with Gasteiger partial charge in [0.15, 0.2) is 0 Å². The summed E-state index contributed by atoms with van der Waals surface area (Å²) in [5.74, 6) is 6.29. The molecule has 2 aliphatic carbocycles. The first-order valence-electron chi connectivity index (χ1n) is 9.29. The predicted molar refractivity (Wildman–Crippen MR) is 98.4 cm³/mol. The number of hydrogen-bond donors (Lipinski definition) is 0. The highest BCUT2D eigenvalue weighted by atomic mass is 127. The molecule has 0 spiro atoms. The smallest absolute Gasteiger partial charge is 0.00264 e. The van der Waals surface area contributed by atoms with Crippen LogP contribution in [0.4, 0.5) is 0 Å². The molecular formula is C19H35I. The normalized spacial score (nSPS) is 42.6. The average molecular weight is 390 g/mol. The van der Waals surface area contributed by atoms with Crippen molar-refractivity contribution in [3.05, 3.63) is 0 Å². The molecular weight excluding hydrogens is 355 g/mol. The second-order valence-corrected chi connectivity index (χ2v) is 8.47. The Hall–Kier alpha value is 0.730. The zero-order chi connectivity index (χ0) is 14.5. The summed E-state index contributed by atoms with van der Waals surface area (Å²) in [5, 5.41) is 0. The van der Waals surface area contributed by atoms with Gasteiger partial charge in [-0.1, -0.05) is 75.5 Å². The lowest BCUT2D eigenvalue weighted by Crippen LogP contribution is -2.38. The fourth-order valence-electron chi connectivity index (χ4n) is 5.21.